The van der Waals surface area contributed by atoms with Crippen LogP contribution in [0.2, 0.25) is 0 Å². The van der Waals surface area contributed by atoms with Crippen molar-refractivity contribution in [3.63, 3.8) is 0 Å². The van der Waals surface area contributed by atoms with Gasteiger partial charge in [-0.2, -0.15) is 0 Å². The number of carbonyl (C=O) groups excluding carboxylic acids is 1. The first kappa shape index (κ1) is 14.6. The predicted molar refractivity (Wildman–Crippen MR) is 77.2 cm³/mol. The molecule has 6 heteroatoms. The monoisotopic (exact) mass is 288 g/mol. The lowest BCUT2D eigenvalue weighted by atomic mass is 10.1. The summed E-state index contributed by atoms with van der Waals surface area (Å²) in [5, 5.41) is 14.5. The fraction of sp³-hybridized carbons (Fsp3) is 0.200. The van der Waals surface area contributed by atoms with E-state index in [9.17, 15) is 9.59 Å². The van der Waals surface area contributed by atoms with Crippen LogP contribution in [0.15, 0.2) is 40.8 Å². The number of benzene rings is 1. The number of aromatic carboxylic acids is 1. The Balaban J connectivity index is 2.05. The predicted octanol–water partition coefficient (Wildman–Crippen LogP) is 1.88. The van der Waals surface area contributed by atoms with Crippen molar-refractivity contribution in [3.05, 3.63) is 53.5 Å². The van der Waals surface area contributed by atoms with Crippen LogP contribution in [0.25, 0.3) is 0 Å². The third-order valence-corrected chi connectivity index (χ3v) is 2.97. The number of nitrogens with one attached hydrogen (secondary N) is 2. The molecular weight excluding hydrogens is 272 g/mol. The molecule has 2 aromatic rings. The third-order valence-electron chi connectivity index (χ3n) is 2.97. The van der Waals surface area contributed by atoms with Gasteiger partial charge in [-0.3, -0.25) is 4.79 Å². The number of anilines is 1. The van der Waals surface area contributed by atoms with Crippen molar-refractivity contribution in [3.8, 4) is 0 Å². The van der Waals surface area contributed by atoms with Gasteiger partial charge in [-0.25, -0.2) is 4.79 Å². The van der Waals surface area contributed by atoms with Gasteiger partial charge in [0, 0.05) is 12.7 Å². The molecule has 0 atom stereocenters. The molecule has 0 fully saturated rings. The van der Waals surface area contributed by atoms with E-state index >= 15 is 0 Å². The molecule has 6 nitrogen and oxygen atoms in total. The highest BCUT2D eigenvalue weighted by atomic mass is 16.4. The maximum Gasteiger partial charge on any atom is 0.371 e. The number of amides is 1. The second-order valence-corrected chi connectivity index (χ2v) is 4.43. The first-order chi connectivity index (χ1) is 10.1. The molecule has 21 heavy (non-hydrogen) atoms. The number of hydrogen-bond donors (Lipinski definition) is 3. The Labute approximate surface area is 121 Å². The summed E-state index contributed by atoms with van der Waals surface area (Å²) >= 11 is 0. The van der Waals surface area contributed by atoms with Gasteiger partial charge in [-0.05, 0) is 23.8 Å². The number of para-hydroxylation sites is 1. The minimum atomic E-state index is -1.10. The topological polar surface area (TPSA) is 91.6 Å². The number of carbonyl (C=O) groups is 2. The first-order valence-corrected chi connectivity index (χ1v) is 6.44. The van der Waals surface area contributed by atoms with E-state index in [1.165, 1.54) is 6.07 Å². The molecule has 1 amide bonds. The molecule has 0 saturated carbocycles. The van der Waals surface area contributed by atoms with Gasteiger partial charge in [0.05, 0.1) is 13.0 Å². The molecule has 0 bridgehead atoms. The molecule has 0 radical (unpaired) electrons. The molecule has 1 aromatic carbocycles. The largest absolute Gasteiger partial charge is 0.475 e. The number of carboxylic acid groups (broad SMARTS) is 1. The lowest BCUT2D eigenvalue weighted by Crippen LogP contribution is -2.20. The average Bonchev–Trinajstić information content (AvgIpc) is 2.95. The van der Waals surface area contributed by atoms with Gasteiger partial charge in [0.2, 0.25) is 11.7 Å². The van der Waals surface area contributed by atoms with E-state index in [1.807, 2.05) is 24.3 Å². The fourth-order valence-corrected chi connectivity index (χ4v) is 1.88. The highest BCUT2D eigenvalue weighted by Crippen LogP contribution is 2.17. The second-order valence-electron chi connectivity index (χ2n) is 4.43. The van der Waals surface area contributed by atoms with Gasteiger partial charge < -0.3 is 20.2 Å². The number of likely N-dealkylation sites (N-methyl/N-ethyl adjacent to an activating group) is 1. The zero-order valence-electron chi connectivity index (χ0n) is 11.6. The summed E-state index contributed by atoms with van der Waals surface area (Å²) in [6.45, 7) is 0.345. The minimum Gasteiger partial charge on any atom is -0.475 e. The van der Waals surface area contributed by atoms with E-state index in [4.69, 9.17) is 9.52 Å². The Hall–Kier alpha value is -2.76. The molecule has 0 aliphatic carbocycles. The lowest BCUT2D eigenvalue weighted by molar-refractivity contribution is -0.119. The Morgan fingerprint density at radius 3 is 2.62 bits per heavy atom. The Bertz CT molecular complexity index is 649. The van der Waals surface area contributed by atoms with E-state index in [1.54, 1.807) is 13.1 Å². The quantitative estimate of drug-likeness (QED) is 0.755. The van der Waals surface area contributed by atoms with Gasteiger partial charge in [-0.15, -0.1) is 0 Å². The Morgan fingerprint density at radius 1 is 1.19 bits per heavy atom. The molecule has 0 saturated heterocycles. The number of furan rings is 1. The normalized spacial score (nSPS) is 10.1. The van der Waals surface area contributed by atoms with Crippen molar-refractivity contribution >= 4 is 17.6 Å². The van der Waals surface area contributed by atoms with Crippen LogP contribution in [0.3, 0.4) is 0 Å². The molecule has 3 N–H and O–H groups in total. The van der Waals surface area contributed by atoms with Crippen molar-refractivity contribution in [1.82, 2.24) is 5.32 Å². The van der Waals surface area contributed by atoms with Crippen molar-refractivity contribution < 1.29 is 19.1 Å². The van der Waals surface area contributed by atoms with E-state index < -0.39 is 5.97 Å². The summed E-state index contributed by atoms with van der Waals surface area (Å²) in [7, 11) is 1.59. The van der Waals surface area contributed by atoms with Crippen LogP contribution in [0.5, 0.6) is 0 Å². The van der Waals surface area contributed by atoms with Crippen LogP contribution < -0.4 is 10.6 Å². The van der Waals surface area contributed by atoms with Crippen molar-refractivity contribution in [2.75, 3.05) is 12.4 Å². The van der Waals surface area contributed by atoms with Crippen LogP contribution in [-0.2, 0) is 17.8 Å². The highest BCUT2D eigenvalue weighted by molar-refractivity contribution is 5.84. The van der Waals surface area contributed by atoms with Gasteiger partial charge in [-0.1, -0.05) is 18.2 Å². The summed E-state index contributed by atoms with van der Waals surface area (Å²) in [6, 6.07) is 10.5. The third kappa shape index (κ3) is 3.85. The molecule has 1 heterocycles. The zero-order valence-corrected chi connectivity index (χ0v) is 11.6. The highest BCUT2D eigenvalue weighted by Gasteiger charge is 2.10. The summed E-state index contributed by atoms with van der Waals surface area (Å²) in [6.07, 6.45) is 0.276. The van der Waals surface area contributed by atoms with Gasteiger partial charge in [0.25, 0.3) is 0 Å². The molecule has 0 unspecified atom stereocenters. The smallest absolute Gasteiger partial charge is 0.371 e. The summed E-state index contributed by atoms with van der Waals surface area (Å²) in [5.41, 5.74) is 1.68. The van der Waals surface area contributed by atoms with Gasteiger partial charge >= 0.3 is 5.97 Å². The van der Waals surface area contributed by atoms with Crippen molar-refractivity contribution in [2.24, 2.45) is 0 Å². The van der Waals surface area contributed by atoms with Gasteiger partial charge in [0.1, 0.15) is 5.76 Å². The van der Waals surface area contributed by atoms with Gasteiger partial charge in [0.15, 0.2) is 0 Å². The maximum absolute atomic E-state index is 11.5. The van der Waals surface area contributed by atoms with Crippen LogP contribution in [0, 0.1) is 0 Å². The first-order valence-electron chi connectivity index (χ1n) is 6.44. The minimum absolute atomic E-state index is 0.0737. The summed E-state index contributed by atoms with van der Waals surface area (Å²) in [4.78, 5) is 22.2. The van der Waals surface area contributed by atoms with E-state index in [0.717, 1.165) is 11.3 Å². The van der Waals surface area contributed by atoms with E-state index in [-0.39, 0.29) is 18.1 Å². The fourth-order valence-electron chi connectivity index (χ4n) is 1.88. The van der Waals surface area contributed by atoms with Crippen LogP contribution in [0.1, 0.15) is 21.9 Å². The average molecular weight is 288 g/mol. The second kappa shape index (κ2) is 6.60. The Morgan fingerprint density at radius 2 is 1.95 bits per heavy atom. The van der Waals surface area contributed by atoms with Crippen LogP contribution in [0.4, 0.5) is 5.69 Å². The number of carboxylic acids is 1. The molecule has 0 aliphatic rings. The molecule has 1 aromatic heterocycles. The summed E-state index contributed by atoms with van der Waals surface area (Å²) < 4.78 is 5.17. The van der Waals surface area contributed by atoms with E-state index in [2.05, 4.69) is 10.6 Å². The zero-order chi connectivity index (χ0) is 15.2. The molecule has 0 spiro atoms. The summed E-state index contributed by atoms with van der Waals surface area (Å²) in [5.74, 6) is -0.746. The molecule has 110 valence electrons. The van der Waals surface area contributed by atoms with Crippen LogP contribution >= 0.6 is 0 Å². The molecule has 0 aliphatic heterocycles. The SMILES string of the molecule is CNC(=O)Cc1ccccc1NCc1ccc(C(=O)O)o1. The van der Waals surface area contributed by atoms with E-state index in [0.29, 0.717) is 12.3 Å². The van der Waals surface area contributed by atoms with Crippen LogP contribution in [-0.4, -0.2) is 24.0 Å². The maximum atomic E-state index is 11.5. The standard InChI is InChI=1S/C15H16N2O4/c1-16-14(18)8-10-4-2-3-5-12(10)17-9-11-6-7-13(21-11)15(19)20/h2-7,17H,8-9H2,1H3,(H,16,18)(H,19,20). The Kier molecular flexibility index (Phi) is 4.61. The number of hydrogen-bond acceptors (Lipinski definition) is 4. The van der Waals surface area contributed by atoms with Crippen molar-refractivity contribution in [1.29, 1.82) is 0 Å². The molecule has 2 rings (SSSR count). The van der Waals surface area contributed by atoms with Crippen molar-refractivity contribution in [2.45, 2.75) is 13.0 Å². The number of rotatable bonds is 6. The lowest BCUT2D eigenvalue weighted by Gasteiger charge is -2.10. The molecular formula is C15H16N2O4.